The molecule has 0 saturated carbocycles. The van der Waals surface area contributed by atoms with Crippen LogP contribution in [-0.4, -0.2) is 12.3 Å². The van der Waals surface area contributed by atoms with E-state index in [2.05, 4.69) is 0 Å². The largest absolute Gasteiger partial charge is 0.339 e. The molecule has 3 aromatic rings. The first-order valence-corrected chi connectivity index (χ1v) is 11.0. The monoisotopic (exact) mass is 448 g/mol. The van der Waals surface area contributed by atoms with Gasteiger partial charge in [0, 0.05) is 15.5 Å². The molecule has 0 aliphatic carbocycles. The smallest absolute Gasteiger partial charge is 0.287 e. The Labute approximate surface area is 180 Å². The lowest BCUT2D eigenvalue weighted by molar-refractivity contribution is 0.254. The van der Waals surface area contributed by atoms with Crippen LogP contribution in [0.25, 0.3) is 0 Å². The average Bonchev–Trinajstić information content (AvgIpc) is 2.72. The van der Waals surface area contributed by atoms with Crippen LogP contribution in [0, 0.1) is 11.6 Å². The lowest BCUT2D eigenvalue weighted by Crippen LogP contribution is -2.43. The number of anilines is 2. The molecule has 0 radical (unpaired) electrons. The maximum Gasteiger partial charge on any atom is 0.339 e. The number of amides is 2. The van der Waals surface area contributed by atoms with Crippen molar-refractivity contribution in [2.75, 3.05) is 15.5 Å². The van der Waals surface area contributed by atoms with Crippen LogP contribution in [0.4, 0.5) is 25.0 Å². The van der Waals surface area contributed by atoms with Gasteiger partial charge < -0.3 is 0 Å². The van der Waals surface area contributed by atoms with Crippen LogP contribution < -0.4 is 9.21 Å². The topological polar surface area (TPSA) is 23.6 Å². The number of carbonyl (C=O) groups is 1. The van der Waals surface area contributed by atoms with Gasteiger partial charge in [-0.25, -0.2) is 17.9 Å². The number of benzene rings is 3. The number of hydrogen-bond acceptors (Lipinski definition) is 3. The summed E-state index contributed by atoms with van der Waals surface area (Å²) in [6.07, 6.45) is 1.95. The third kappa shape index (κ3) is 3.95. The van der Waals surface area contributed by atoms with Crippen molar-refractivity contribution < 1.29 is 13.6 Å². The van der Waals surface area contributed by atoms with Gasteiger partial charge in [-0.1, -0.05) is 23.7 Å². The Hall–Kier alpha value is -2.22. The summed E-state index contributed by atoms with van der Waals surface area (Å²) in [6.45, 7) is -0.111. The average molecular weight is 449 g/mol. The number of thioether (sulfide) groups is 1. The first-order chi connectivity index (χ1) is 14.0. The van der Waals surface area contributed by atoms with Crippen LogP contribution in [-0.2, 0) is 6.54 Å². The van der Waals surface area contributed by atoms with Crippen molar-refractivity contribution >= 4 is 52.7 Å². The van der Waals surface area contributed by atoms with Crippen LogP contribution in [0.1, 0.15) is 5.56 Å². The van der Waals surface area contributed by atoms with E-state index in [1.807, 2.05) is 30.5 Å². The first-order valence-electron chi connectivity index (χ1n) is 8.64. The number of nitrogens with zero attached hydrogens (tertiary/aromatic N) is 2. The number of halogens is 3. The Morgan fingerprint density at radius 3 is 2.62 bits per heavy atom. The summed E-state index contributed by atoms with van der Waals surface area (Å²) in [5, 5.41) is 0.213. The maximum atomic E-state index is 14.4. The summed E-state index contributed by atoms with van der Waals surface area (Å²) < 4.78 is 29.9. The number of rotatable bonds is 4. The molecule has 2 amide bonds. The van der Waals surface area contributed by atoms with Gasteiger partial charge in [0.15, 0.2) is 0 Å². The number of hydrogen-bond donors (Lipinski definition) is 0. The molecule has 29 heavy (non-hydrogen) atoms. The fourth-order valence-electron chi connectivity index (χ4n) is 3.02. The molecule has 148 valence electrons. The van der Waals surface area contributed by atoms with Gasteiger partial charge in [0.25, 0.3) is 0 Å². The van der Waals surface area contributed by atoms with Crippen molar-refractivity contribution in [3.8, 4) is 0 Å². The fraction of sp³-hybridized carbons (Fsp3) is 0.0952. The number of urea groups is 1. The van der Waals surface area contributed by atoms with Gasteiger partial charge in [-0.2, -0.15) is 0 Å². The van der Waals surface area contributed by atoms with Gasteiger partial charge in [-0.15, -0.1) is 11.8 Å². The van der Waals surface area contributed by atoms with E-state index in [1.165, 1.54) is 45.4 Å². The molecule has 0 spiro atoms. The standard InChI is InChI=1S/C21H15ClF2N2OS2/c1-28-15-5-2-4-14(11-15)26-21(27)25(12-16-17(22)6-3-7-18(16)24)19-10-13(23)8-9-20(19)29-26/h2-11H,12H2,1H3. The number of fused-ring (bicyclic) bond motifs is 1. The molecule has 0 N–H and O–H groups in total. The molecule has 1 aliphatic rings. The van der Waals surface area contributed by atoms with Crippen LogP contribution in [0.5, 0.6) is 0 Å². The molecular formula is C21H15ClF2N2OS2. The molecule has 0 aromatic heterocycles. The minimum absolute atomic E-state index is 0.111. The van der Waals surface area contributed by atoms with Gasteiger partial charge in [-0.05, 0) is 66.7 Å². The van der Waals surface area contributed by atoms with Crippen LogP contribution >= 0.6 is 35.3 Å². The highest BCUT2D eigenvalue weighted by Crippen LogP contribution is 2.43. The zero-order valence-electron chi connectivity index (χ0n) is 15.2. The van der Waals surface area contributed by atoms with Gasteiger partial charge in [0.2, 0.25) is 0 Å². The van der Waals surface area contributed by atoms with E-state index < -0.39 is 17.7 Å². The highest BCUT2D eigenvalue weighted by Gasteiger charge is 2.34. The van der Waals surface area contributed by atoms with Gasteiger partial charge in [-0.3, -0.25) is 4.90 Å². The van der Waals surface area contributed by atoms with E-state index in [-0.39, 0.29) is 17.1 Å². The van der Waals surface area contributed by atoms with Crippen molar-refractivity contribution in [1.29, 1.82) is 0 Å². The lowest BCUT2D eigenvalue weighted by atomic mass is 10.1. The predicted octanol–water partition coefficient (Wildman–Crippen LogP) is 6.99. The molecule has 3 aromatic carbocycles. The van der Waals surface area contributed by atoms with Gasteiger partial charge >= 0.3 is 6.03 Å². The van der Waals surface area contributed by atoms with E-state index in [0.717, 1.165) is 4.90 Å². The maximum absolute atomic E-state index is 14.4. The van der Waals surface area contributed by atoms with Crippen molar-refractivity contribution in [2.24, 2.45) is 0 Å². The molecule has 1 aliphatic heterocycles. The predicted molar refractivity (Wildman–Crippen MR) is 116 cm³/mol. The molecule has 3 nitrogen and oxygen atoms in total. The fourth-order valence-corrected chi connectivity index (χ4v) is 4.68. The summed E-state index contributed by atoms with van der Waals surface area (Å²) in [6, 6.07) is 15.7. The summed E-state index contributed by atoms with van der Waals surface area (Å²) in [4.78, 5) is 16.4. The quantitative estimate of drug-likeness (QED) is 0.317. The van der Waals surface area contributed by atoms with Crippen molar-refractivity contribution in [1.82, 2.24) is 0 Å². The molecule has 0 fully saturated rings. The highest BCUT2D eigenvalue weighted by molar-refractivity contribution is 8.01. The second kappa shape index (κ2) is 8.26. The second-order valence-electron chi connectivity index (χ2n) is 6.27. The zero-order chi connectivity index (χ0) is 20.5. The molecule has 4 rings (SSSR count). The summed E-state index contributed by atoms with van der Waals surface area (Å²) >= 11 is 8.95. The summed E-state index contributed by atoms with van der Waals surface area (Å²) in [5.74, 6) is -0.989. The number of carbonyl (C=O) groups excluding carboxylic acids is 1. The molecule has 0 saturated heterocycles. The van der Waals surface area contributed by atoms with E-state index in [1.54, 1.807) is 23.9 Å². The third-order valence-corrected chi connectivity index (χ3v) is 6.64. The van der Waals surface area contributed by atoms with E-state index in [4.69, 9.17) is 11.6 Å². The Bertz CT molecular complexity index is 1080. The molecule has 1 heterocycles. The summed E-state index contributed by atoms with van der Waals surface area (Å²) in [7, 11) is 0. The Kier molecular flexibility index (Phi) is 5.72. The Balaban J connectivity index is 1.80. The highest BCUT2D eigenvalue weighted by atomic mass is 35.5. The molecule has 8 heteroatoms. The van der Waals surface area contributed by atoms with Crippen LogP contribution in [0.15, 0.2) is 70.5 Å². The second-order valence-corrected chi connectivity index (χ2v) is 8.54. The van der Waals surface area contributed by atoms with Crippen molar-refractivity contribution in [3.63, 3.8) is 0 Å². The SMILES string of the molecule is CSc1cccc(N2Sc3ccc(F)cc3N(Cc3c(F)cccc3Cl)C2=O)c1. The molecule has 0 bridgehead atoms. The normalized spacial score (nSPS) is 13.6. The molecule has 0 atom stereocenters. The molecule has 0 unspecified atom stereocenters. The zero-order valence-corrected chi connectivity index (χ0v) is 17.6. The Morgan fingerprint density at radius 1 is 1.07 bits per heavy atom. The van der Waals surface area contributed by atoms with Crippen molar-refractivity contribution in [3.05, 3.63) is 82.9 Å². The van der Waals surface area contributed by atoms with Gasteiger partial charge in [0.1, 0.15) is 11.6 Å². The first kappa shape index (κ1) is 20.1. The Morgan fingerprint density at radius 2 is 1.86 bits per heavy atom. The van der Waals surface area contributed by atoms with Crippen LogP contribution in [0.3, 0.4) is 0 Å². The molecular weight excluding hydrogens is 434 g/mol. The third-order valence-electron chi connectivity index (χ3n) is 4.47. The lowest BCUT2D eigenvalue weighted by Gasteiger charge is -2.36. The van der Waals surface area contributed by atoms with E-state index >= 15 is 0 Å². The van der Waals surface area contributed by atoms with E-state index in [9.17, 15) is 13.6 Å². The minimum atomic E-state index is -0.516. The van der Waals surface area contributed by atoms with Crippen LogP contribution in [0.2, 0.25) is 5.02 Å². The van der Waals surface area contributed by atoms with Crippen molar-refractivity contribution in [2.45, 2.75) is 16.3 Å². The summed E-state index contributed by atoms with van der Waals surface area (Å²) in [5.41, 5.74) is 1.26. The van der Waals surface area contributed by atoms with E-state index in [0.29, 0.717) is 16.3 Å². The minimum Gasteiger partial charge on any atom is -0.287 e. The van der Waals surface area contributed by atoms with Gasteiger partial charge in [0.05, 0.1) is 22.8 Å².